The maximum Gasteiger partial charge on any atom is 0.227 e. The fourth-order valence-corrected chi connectivity index (χ4v) is 1.89. The first-order valence-electron chi connectivity index (χ1n) is 6.43. The van der Waals surface area contributed by atoms with Crippen molar-refractivity contribution in [1.29, 1.82) is 0 Å². The summed E-state index contributed by atoms with van der Waals surface area (Å²) in [7, 11) is 1.84. The Hall–Kier alpha value is -2.10. The van der Waals surface area contributed by atoms with Gasteiger partial charge in [-0.3, -0.25) is 0 Å². The molecule has 0 spiro atoms. The van der Waals surface area contributed by atoms with E-state index in [0.717, 1.165) is 23.6 Å². The summed E-state index contributed by atoms with van der Waals surface area (Å²) < 4.78 is 5.88. The van der Waals surface area contributed by atoms with Crippen LogP contribution in [0.3, 0.4) is 0 Å². The molecule has 0 bridgehead atoms. The molecule has 100 valence electrons. The number of aryl methyl sites for hydroxylation is 2. The van der Waals surface area contributed by atoms with Crippen molar-refractivity contribution in [3.05, 3.63) is 41.2 Å². The van der Waals surface area contributed by atoms with Gasteiger partial charge in [0.1, 0.15) is 17.4 Å². The molecule has 19 heavy (non-hydrogen) atoms. The molecule has 0 atom stereocenters. The van der Waals surface area contributed by atoms with Gasteiger partial charge in [-0.2, -0.15) is 4.98 Å². The average Bonchev–Trinajstić information content (AvgIpc) is 2.42. The predicted molar refractivity (Wildman–Crippen MR) is 76.9 cm³/mol. The van der Waals surface area contributed by atoms with E-state index in [-0.39, 0.29) is 0 Å². The van der Waals surface area contributed by atoms with Crippen molar-refractivity contribution in [2.24, 2.45) is 0 Å². The summed E-state index contributed by atoms with van der Waals surface area (Å²) in [5.41, 5.74) is 2.16. The van der Waals surface area contributed by atoms with E-state index in [9.17, 15) is 0 Å². The van der Waals surface area contributed by atoms with Crippen LogP contribution in [0.2, 0.25) is 0 Å². The molecule has 0 fully saturated rings. The van der Waals surface area contributed by atoms with Gasteiger partial charge in [0, 0.05) is 7.05 Å². The summed E-state index contributed by atoms with van der Waals surface area (Å²) in [6, 6.07) is 8.06. The Morgan fingerprint density at radius 1 is 1.21 bits per heavy atom. The van der Waals surface area contributed by atoms with Crippen molar-refractivity contribution >= 4 is 5.82 Å². The third-order valence-corrected chi connectivity index (χ3v) is 2.97. The highest BCUT2D eigenvalue weighted by molar-refractivity contribution is 5.49. The Labute approximate surface area is 113 Å². The van der Waals surface area contributed by atoms with Gasteiger partial charge in [0.15, 0.2) is 0 Å². The Kier molecular flexibility index (Phi) is 4.00. The van der Waals surface area contributed by atoms with E-state index in [1.165, 1.54) is 5.56 Å². The highest BCUT2D eigenvalue weighted by Crippen LogP contribution is 2.27. The largest absolute Gasteiger partial charge is 0.439 e. The topological polar surface area (TPSA) is 47.0 Å². The SMILES string of the molecule is CCc1cccc(Oc2nc(C)nc(NC)c2C)c1. The van der Waals surface area contributed by atoms with Crippen LogP contribution < -0.4 is 10.1 Å². The first-order chi connectivity index (χ1) is 9.13. The zero-order valence-corrected chi connectivity index (χ0v) is 11.8. The molecule has 0 aliphatic rings. The third-order valence-electron chi connectivity index (χ3n) is 2.97. The van der Waals surface area contributed by atoms with Crippen LogP contribution in [-0.2, 0) is 6.42 Å². The van der Waals surface area contributed by atoms with Crippen LogP contribution >= 0.6 is 0 Å². The number of anilines is 1. The van der Waals surface area contributed by atoms with Crippen LogP contribution in [0.25, 0.3) is 0 Å². The van der Waals surface area contributed by atoms with Gasteiger partial charge in [0.2, 0.25) is 5.88 Å². The van der Waals surface area contributed by atoms with E-state index in [1.807, 2.05) is 39.1 Å². The lowest BCUT2D eigenvalue weighted by molar-refractivity contribution is 0.455. The average molecular weight is 257 g/mol. The van der Waals surface area contributed by atoms with Crippen LogP contribution in [0.15, 0.2) is 24.3 Å². The molecule has 0 saturated carbocycles. The lowest BCUT2D eigenvalue weighted by Gasteiger charge is -2.12. The number of hydrogen-bond acceptors (Lipinski definition) is 4. The molecule has 0 aliphatic carbocycles. The van der Waals surface area contributed by atoms with E-state index >= 15 is 0 Å². The number of aromatic nitrogens is 2. The first kappa shape index (κ1) is 13.3. The van der Waals surface area contributed by atoms with E-state index in [2.05, 4.69) is 28.3 Å². The molecule has 4 nitrogen and oxygen atoms in total. The molecule has 0 unspecified atom stereocenters. The van der Waals surface area contributed by atoms with Crippen LogP contribution in [-0.4, -0.2) is 17.0 Å². The zero-order valence-electron chi connectivity index (χ0n) is 11.8. The van der Waals surface area contributed by atoms with Crippen LogP contribution in [0.1, 0.15) is 23.9 Å². The van der Waals surface area contributed by atoms with E-state index in [4.69, 9.17) is 4.74 Å². The van der Waals surface area contributed by atoms with E-state index in [0.29, 0.717) is 11.7 Å². The summed E-state index contributed by atoms with van der Waals surface area (Å²) >= 11 is 0. The van der Waals surface area contributed by atoms with E-state index in [1.54, 1.807) is 0 Å². The van der Waals surface area contributed by atoms with Crippen molar-refractivity contribution in [2.45, 2.75) is 27.2 Å². The third kappa shape index (κ3) is 3.02. The van der Waals surface area contributed by atoms with Crippen LogP contribution in [0.5, 0.6) is 11.6 Å². The molecule has 2 aromatic rings. The normalized spacial score (nSPS) is 10.3. The van der Waals surface area contributed by atoms with Gasteiger partial charge in [-0.15, -0.1) is 0 Å². The lowest BCUT2D eigenvalue weighted by atomic mass is 10.2. The first-order valence-corrected chi connectivity index (χ1v) is 6.43. The molecular formula is C15H19N3O. The highest BCUT2D eigenvalue weighted by Gasteiger charge is 2.10. The van der Waals surface area contributed by atoms with Crippen molar-refractivity contribution in [3.8, 4) is 11.6 Å². The summed E-state index contributed by atoms with van der Waals surface area (Å²) in [6.07, 6.45) is 0.987. The minimum Gasteiger partial charge on any atom is -0.439 e. The number of benzene rings is 1. The molecule has 1 N–H and O–H groups in total. The minimum atomic E-state index is 0.602. The van der Waals surface area contributed by atoms with Gasteiger partial charge in [-0.1, -0.05) is 19.1 Å². The molecule has 4 heteroatoms. The molecule has 1 aromatic carbocycles. The number of ether oxygens (including phenoxy) is 1. The van der Waals surface area contributed by atoms with Gasteiger partial charge in [0.25, 0.3) is 0 Å². The second-order valence-electron chi connectivity index (χ2n) is 4.40. The van der Waals surface area contributed by atoms with Gasteiger partial charge in [-0.05, 0) is 38.0 Å². The standard InChI is InChI=1S/C15H19N3O/c1-5-12-7-6-8-13(9-12)19-15-10(2)14(16-4)17-11(3)18-15/h6-9H,5H2,1-4H3,(H,16,17,18). The second kappa shape index (κ2) is 5.69. The van der Waals surface area contributed by atoms with Gasteiger partial charge in [0.05, 0.1) is 5.56 Å². The predicted octanol–water partition coefficient (Wildman–Crippen LogP) is 3.49. The highest BCUT2D eigenvalue weighted by atomic mass is 16.5. The van der Waals surface area contributed by atoms with Crippen molar-refractivity contribution in [1.82, 2.24) is 9.97 Å². The Balaban J connectivity index is 2.34. The summed E-state index contributed by atoms with van der Waals surface area (Å²) in [4.78, 5) is 8.68. The van der Waals surface area contributed by atoms with Crippen molar-refractivity contribution in [3.63, 3.8) is 0 Å². The van der Waals surface area contributed by atoms with Crippen LogP contribution in [0, 0.1) is 13.8 Å². The number of hydrogen-bond donors (Lipinski definition) is 1. The monoisotopic (exact) mass is 257 g/mol. The van der Waals surface area contributed by atoms with Crippen molar-refractivity contribution in [2.75, 3.05) is 12.4 Å². The maximum atomic E-state index is 5.88. The van der Waals surface area contributed by atoms with E-state index < -0.39 is 0 Å². The number of rotatable bonds is 4. The second-order valence-corrected chi connectivity index (χ2v) is 4.40. The molecular weight excluding hydrogens is 238 g/mol. The zero-order chi connectivity index (χ0) is 13.8. The molecule has 2 rings (SSSR count). The number of nitrogens with one attached hydrogen (secondary N) is 1. The minimum absolute atomic E-state index is 0.602. The molecule has 0 saturated heterocycles. The van der Waals surface area contributed by atoms with Gasteiger partial charge < -0.3 is 10.1 Å². The van der Waals surface area contributed by atoms with Gasteiger partial charge in [-0.25, -0.2) is 4.98 Å². The summed E-state index contributed by atoms with van der Waals surface area (Å²) in [5, 5.41) is 3.05. The lowest BCUT2D eigenvalue weighted by Crippen LogP contribution is -2.03. The molecule has 0 amide bonds. The Morgan fingerprint density at radius 3 is 2.68 bits per heavy atom. The molecule has 1 heterocycles. The number of nitrogens with zero attached hydrogens (tertiary/aromatic N) is 2. The molecule has 1 aromatic heterocycles. The quantitative estimate of drug-likeness (QED) is 0.910. The fraction of sp³-hybridized carbons (Fsp3) is 0.333. The fourth-order valence-electron chi connectivity index (χ4n) is 1.89. The summed E-state index contributed by atoms with van der Waals surface area (Å²) in [5.74, 6) is 2.90. The summed E-state index contributed by atoms with van der Waals surface area (Å²) in [6.45, 7) is 5.93. The van der Waals surface area contributed by atoms with Crippen LogP contribution in [0.4, 0.5) is 5.82 Å². The molecule has 0 aliphatic heterocycles. The maximum absolute atomic E-state index is 5.88. The van der Waals surface area contributed by atoms with Crippen molar-refractivity contribution < 1.29 is 4.74 Å². The smallest absolute Gasteiger partial charge is 0.227 e. The molecule has 0 radical (unpaired) electrons. The Morgan fingerprint density at radius 2 is 2.00 bits per heavy atom. The van der Waals surface area contributed by atoms with Gasteiger partial charge >= 0.3 is 0 Å². The Bertz CT molecular complexity index is 582.